The van der Waals surface area contributed by atoms with E-state index in [1.54, 1.807) is 12.1 Å². The fourth-order valence-electron chi connectivity index (χ4n) is 1.83. The second-order valence-corrected chi connectivity index (χ2v) is 6.85. The highest BCUT2D eigenvalue weighted by Gasteiger charge is 2.09. The van der Waals surface area contributed by atoms with Crippen LogP contribution >= 0.6 is 55.1 Å². The lowest BCUT2D eigenvalue weighted by Gasteiger charge is -2.13. The molecule has 0 radical (unpaired) electrons. The van der Waals surface area contributed by atoms with Gasteiger partial charge in [-0.25, -0.2) is 0 Å². The van der Waals surface area contributed by atoms with Gasteiger partial charge in [0.15, 0.2) is 0 Å². The van der Waals surface area contributed by atoms with Gasteiger partial charge in [0.05, 0.1) is 26.3 Å². The summed E-state index contributed by atoms with van der Waals surface area (Å²) >= 11 is 19.1. The number of anilines is 1. The van der Waals surface area contributed by atoms with Crippen molar-refractivity contribution in [2.24, 2.45) is 0 Å². The van der Waals surface area contributed by atoms with Gasteiger partial charge in [-0.15, -0.1) is 0 Å². The van der Waals surface area contributed by atoms with E-state index in [0.717, 1.165) is 25.9 Å². The number of hydrogen-bond donors (Lipinski definition) is 1. The summed E-state index contributed by atoms with van der Waals surface area (Å²) in [7, 11) is 0. The van der Waals surface area contributed by atoms with Crippen LogP contribution in [0.4, 0.5) is 5.69 Å². The van der Waals surface area contributed by atoms with Gasteiger partial charge < -0.3 is 10.1 Å². The van der Waals surface area contributed by atoms with E-state index in [2.05, 4.69) is 37.2 Å². The zero-order valence-corrected chi connectivity index (χ0v) is 15.9. The Bertz CT molecular complexity index is 627. The highest BCUT2D eigenvalue weighted by Crippen LogP contribution is 2.35. The molecule has 0 aliphatic rings. The first-order chi connectivity index (χ1) is 10.0. The predicted octanol–water partition coefficient (Wildman–Crippen LogP) is 6.53. The van der Waals surface area contributed by atoms with E-state index in [9.17, 15) is 0 Å². The molecule has 0 unspecified atom stereocenters. The summed E-state index contributed by atoms with van der Waals surface area (Å²) < 4.78 is 7.40. The maximum atomic E-state index is 6.14. The fourth-order valence-corrected chi connectivity index (χ4v) is 3.81. The zero-order chi connectivity index (χ0) is 15.4. The van der Waals surface area contributed by atoms with Crippen LogP contribution in [-0.2, 0) is 6.54 Å². The molecule has 21 heavy (non-hydrogen) atoms. The van der Waals surface area contributed by atoms with Crippen molar-refractivity contribution in [3.63, 3.8) is 0 Å². The summed E-state index contributed by atoms with van der Waals surface area (Å²) in [5.41, 5.74) is 1.95. The standard InChI is InChI=1S/C15H13Br2Cl2NO/c1-2-21-15-11(16)5-9(6-12(15)17)8-20-14-4-3-10(18)7-13(14)19/h3-7,20H,2,8H2,1H3. The molecule has 0 saturated carbocycles. The quantitative estimate of drug-likeness (QED) is 0.555. The third-order valence-electron chi connectivity index (χ3n) is 2.76. The molecule has 2 aromatic carbocycles. The molecule has 2 rings (SSSR count). The van der Waals surface area contributed by atoms with Crippen LogP contribution in [0.25, 0.3) is 0 Å². The largest absolute Gasteiger partial charge is 0.492 e. The first-order valence-corrected chi connectivity index (χ1v) is 8.65. The van der Waals surface area contributed by atoms with Gasteiger partial charge in [0.25, 0.3) is 0 Å². The molecule has 0 heterocycles. The molecule has 0 fully saturated rings. The van der Waals surface area contributed by atoms with Gasteiger partial charge in [-0.1, -0.05) is 23.2 Å². The highest BCUT2D eigenvalue weighted by atomic mass is 79.9. The van der Waals surface area contributed by atoms with E-state index < -0.39 is 0 Å². The lowest BCUT2D eigenvalue weighted by molar-refractivity contribution is 0.336. The monoisotopic (exact) mass is 451 g/mol. The minimum Gasteiger partial charge on any atom is -0.492 e. The Morgan fingerprint density at radius 3 is 2.33 bits per heavy atom. The van der Waals surface area contributed by atoms with Crippen molar-refractivity contribution >= 4 is 60.7 Å². The Morgan fingerprint density at radius 2 is 1.76 bits per heavy atom. The molecule has 0 aliphatic carbocycles. The number of nitrogens with one attached hydrogen (secondary N) is 1. The van der Waals surface area contributed by atoms with Crippen LogP contribution in [0.1, 0.15) is 12.5 Å². The maximum Gasteiger partial charge on any atom is 0.147 e. The van der Waals surface area contributed by atoms with E-state index >= 15 is 0 Å². The van der Waals surface area contributed by atoms with Gasteiger partial charge in [0.1, 0.15) is 5.75 Å². The van der Waals surface area contributed by atoms with Crippen molar-refractivity contribution in [2.75, 3.05) is 11.9 Å². The van der Waals surface area contributed by atoms with E-state index in [4.69, 9.17) is 27.9 Å². The smallest absolute Gasteiger partial charge is 0.147 e. The van der Waals surface area contributed by atoms with Gasteiger partial charge in [0, 0.05) is 11.6 Å². The minimum absolute atomic E-state index is 0.603. The first kappa shape index (κ1) is 16.9. The van der Waals surface area contributed by atoms with Crippen molar-refractivity contribution < 1.29 is 4.74 Å². The van der Waals surface area contributed by atoms with Crippen LogP contribution in [0.2, 0.25) is 10.0 Å². The highest BCUT2D eigenvalue weighted by molar-refractivity contribution is 9.11. The van der Waals surface area contributed by atoms with Crippen LogP contribution < -0.4 is 10.1 Å². The summed E-state index contributed by atoms with van der Waals surface area (Å²) in [5.74, 6) is 0.811. The van der Waals surface area contributed by atoms with Crippen molar-refractivity contribution in [3.8, 4) is 5.75 Å². The molecular weight excluding hydrogens is 441 g/mol. The third-order valence-corrected chi connectivity index (χ3v) is 4.49. The second-order valence-electron chi connectivity index (χ2n) is 4.30. The summed E-state index contributed by atoms with van der Waals surface area (Å²) in [5, 5.41) is 4.51. The normalized spacial score (nSPS) is 10.5. The molecule has 0 atom stereocenters. The fraction of sp³-hybridized carbons (Fsp3) is 0.200. The first-order valence-electron chi connectivity index (χ1n) is 6.31. The van der Waals surface area contributed by atoms with Gasteiger partial charge in [-0.2, -0.15) is 0 Å². The number of rotatable bonds is 5. The third kappa shape index (κ3) is 4.52. The van der Waals surface area contributed by atoms with Crippen LogP contribution in [0, 0.1) is 0 Å². The summed E-state index contributed by atoms with van der Waals surface area (Å²) in [6, 6.07) is 9.43. The van der Waals surface area contributed by atoms with Gasteiger partial charge >= 0.3 is 0 Å². The van der Waals surface area contributed by atoms with Crippen molar-refractivity contribution in [1.82, 2.24) is 0 Å². The van der Waals surface area contributed by atoms with Crippen LogP contribution in [0.3, 0.4) is 0 Å². The Morgan fingerprint density at radius 1 is 1.10 bits per heavy atom. The van der Waals surface area contributed by atoms with E-state index in [1.165, 1.54) is 0 Å². The molecular formula is C15H13Br2Cl2NO. The molecule has 0 aliphatic heterocycles. The lowest BCUT2D eigenvalue weighted by Crippen LogP contribution is -2.01. The van der Waals surface area contributed by atoms with Gasteiger partial charge in [0.2, 0.25) is 0 Å². The van der Waals surface area contributed by atoms with Gasteiger partial charge in [-0.05, 0) is 74.7 Å². The molecule has 1 N–H and O–H groups in total. The molecule has 112 valence electrons. The Hall–Kier alpha value is -0.420. The van der Waals surface area contributed by atoms with E-state index in [0.29, 0.717) is 23.2 Å². The number of benzene rings is 2. The molecule has 0 amide bonds. The van der Waals surface area contributed by atoms with Crippen LogP contribution in [0.5, 0.6) is 5.75 Å². The minimum atomic E-state index is 0.603. The summed E-state index contributed by atoms with van der Waals surface area (Å²) in [6.07, 6.45) is 0. The number of halogens is 4. The molecule has 2 aromatic rings. The average Bonchev–Trinajstić information content (AvgIpc) is 2.42. The van der Waals surface area contributed by atoms with Crippen LogP contribution in [0.15, 0.2) is 39.3 Å². The topological polar surface area (TPSA) is 21.3 Å². The molecule has 0 saturated heterocycles. The second kappa shape index (κ2) is 7.73. The van der Waals surface area contributed by atoms with Crippen molar-refractivity contribution in [2.45, 2.75) is 13.5 Å². The molecule has 2 nitrogen and oxygen atoms in total. The molecule has 0 spiro atoms. The number of ether oxygens (including phenoxy) is 1. The van der Waals surface area contributed by atoms with E-state index in [1.807, 2.05) is 25.1 Å². The van der Waals surface area contributed by atoms with Crippen molar-refractivity contribution in [1.29, 1.82) is 0 Å². The predicted molar refractivity (Wildman–Crippen MR) is 96.8 cm³/mol. The van der Waals surface area contributed by atoms with Gasteiger partial charge in [-0.3, -0.25) is 0 Å². The Balaban J connectivity index is 2.13. The molecule has 6 heteroatoms. The summed E-state index contributed by atoms with van der Waals surface area (Å²) in [4.78, 5) is 0. The molecule has 0 aromatic heterocycles. The summed E-state index contributed by atoms with van der Waals surface area (Å²) in [6.45, 7) is 3.22. The zero-order valence-electron chi connectivity index (χ0n) is 11.2. The Kier molecular flexibility index (Phi) is 6.23. The number of hydrogen-bond acceptors (Lipinski definition) is 2. The SMILES string of the molecule is CCOc1c(Br)cc(CNc2ccc(Cl)cc2Cl)cc1Br. The average molecular weight is 454 g/mol. The van der Waals surface area contributed by atoms with Crippen LogP contribution in [-0.4, -0.2) is 6.61 Å². The molecule has 0 bridgehead atoms. The Labute approximate surface area is 151 Å². The van der Waals surface area contributed by atoms with E-state index in [-0.39, 0.29) is 0 Å². The lowest BCUT2D eigenvalue weighted by atomic mass is 10.2. The maximum absolute atomic E-state index is 6.14. The van der Waals surface area contributed by atoms with Crippen molar-refractivity contribution in [3.05, 3.63) is 54.9 Å².